The Morgan fingerprint density at radius 3 is 2.50 bits per heavy atom. The first-order valence-electron chi connectivity index (χ1n) is 6.97. The summed E-state index contributed by atoms with van der Waals surface area (Å²) in [6, 6.07) is 8.28. The molecule has 1 nitrogen and oxygen atoms in total. The normalized spacial score (nSPS) is 30.1. The monoisotopic (exact) mass is 310 g/mol. The van der Waals surface area contributed by atoms with Gasteiger partial charge in [0, 0.05) is 4.47 Å². The van der Waals surface area contributed by atoms with E-state index in [1.54, 1.807) is 0 Å². The van der Waals surface area contributed by atoms with Crippen LogP contribution >= 0.6 is 15.9 Å². The standard InChI is InChI=1S/C16H23BrO/c1-11-6-12(2)8-14(7-11)16(18)10-13-4-3-5-15(17)9-13/h3-5,9,11-12,14,16,18H,6-8,10H2,1-2H3. The van der Waals surface area contributed by atoms with Gasteiger partial charge in [0.25, 0.3) is 0 Å². The van der Waals surface area contributed by atoms with Crippen molar-refractivity contribution in [1.29, 1.82) is 0 Å². The van der Waals surface area contributed by atoms with Crippen LogP contribution in [0.3, 0.4) is 0 Å². The molecule has 1 aliphatic carbocycles. The number of hydrogen-bond donors (Lipinski definition) is 1. The third-order valence-electron chi connectivity index (χ3n) is 4.09. The van der Waals surface area contributed by atoms with Crippen LogP contribution in [-0.2, 0) is 6.42 Å². The molecule has 0 spiro atoms. The maximum Gasteiger partial charge on any atom is 0.0608 e. The zero-order chi connectivity index (χ0) is 13.1. The Morgan fingerprint density at radius 2 is 1.89 bits per heavy atom. The van der Waals surface area contributed by atoms with Crippen molar-refractivity contribution in [3.63, 3.8) is 0 Å². The van der Waals surface area contributed by atoms with Crippen molar-refractivity contribution in [3.8, 4) is 0 Å². The molecule has 0 amide bonds. The number of aliphatic hydroxyl groups is 1. The van der Waals surface area contributed by atoms with Gasteiger partial charge in [-0.3, -0.25) is 0 Å². The number of aliphatic hydroxyl groups excluding tert-OH is 1. The van der Waals surface area contributed by atoms with Crippen LogP contribution in [0.15, 0.2) is 28.7 Å². The summed E-state index contributed by atoms with van der Waals surface area (Å²) in [5.41, 5.74) is 1.22. The molecule has 3 unspecified atom stereocenters. The van der Waals surface area contributed by atoms with E-state index >= 15 is 0 Å². The Hall–Kier alpha value is -0.340. The highest BCUT2D eigenvalue weighted by Crippen LogP contribution is 2.35. The molecule has 1 aromatic carbocycles. The second-order valence-corrected chi connectivity index (χ2v) is 6.99. The minimum atomic E-state index is -0.190. The van der Waals surface area contributed by atoms with Crippen LogP contribution in [0.1, 0.15) is 38.7 Å². The number of benzene rings is 1. The number of hydrogen-bond acceptors (Lipinski definition) is 1. The van der Waals surface area contributed by atoms with Gasteiger partial charge in [-0.25, -0.2) is 0 Å². The molecule has 0 aromatic heterocycles. The highest BCUT2D eigenvalue weighted by atomic mass is 79.9. The predicted molar refractivity (Wildman–Crippen MR) is 79.5 cm³/mol. The van der Waals surface area contributed by atoms with E-state index < -0.39 is 0 Å². The lowest BCUT2D eigenvalue weighted by molar-refractivity contribution is 0.0561. The van der Waals surface area contributed by atoms with E-state index in [4.69, 9.17) is 0 Å². The smallest absolute Gasteiger partial charge is 0.0608 e. The van der Waals surface area contributed by atoms with Gasteiger partial charge in [-0.05, 0) is 61.1 Å². The zero-order valence-electron chi connectivity index (χ0n) is 11.3. The lowest BCUT2D eigenvalue weighted by atomic mass is 9.73. The molecule has 1 fully saturated rings. The van der Waals surface area contributed by atoms with E-state index in [1.165, 1.54) is 24.8 Å². The van der Waals surface area contributed by atoms with Gasteiger partial charge in [0.1, 0.15) is 0 Å². The second-order valence-electron chi connectivity index (χ2n) is 6.08. The summed E-state index contributed by atoms with van der Waals surface area (Å²) >= 11 is 3.49. The van der Waals surface area contributed by atoms with Crippen LogP contribution in [0.2, 0.25) is 0 Å². The Kier molecular flexibility index (Phi) is 4.85. The fourth-order valence-corrected chi connectivity index (χ4v) is 3.84. The number of halogens is 1. The van der Waals surface area contributed by atoms with Gasteiger partial charge in [-0.1, -0.05) is 41.9 Å². The number of rotatable bonds is 3. The first kappa shape index (κ1) is 14.1. The summed E-state index contributed by atoms with van der Waals surface area (Å²) in [7, 11) is 0. The first-order valence-corrected chi connectivity index (χ1v) is 7.76. The minimum absolute atomic E-state index is 0.190. The summed E-state index contributed by atoms with van der Waals surface area (Å²) in [6.45, 7) is 4.63. The van der Waals surface area contributed by atoms with E-state index in [1.807, 2.05) is 12.1 Å². The van der Waals surface area contributed by atoms with Crippen molar-refractivity contribution < 1.29 is 5.11 Å². The van der Waals surface area contributed by atoms with Crippen LogP contribution in [0.4, 0.5) is 0 Å². The summed E-state index contributed by atoms with van der Waals surface area (Å²) in [5, 5.41) is 10.4. The first-order chi connectivity index (χ1) is 8.54. The van der Waals surface area contributed by atoms with Crippen molar-refractivity contribution in [2.75, 3.05) is 0 Å². The SMILES string of the molecule is CC1CC(C)CC(C(O)Cc2cccc(Br)c2)C1. The maximum atomic E-state index is 10.4. The molecule has 2 heteroatoms. The molecule has 0 heterocycles. The molecule has 0 aliphatic heterocycles. The fraction of sp³-hybridized carbons (Fsp3) is 0.625. The van der Waals surface area contributed by atoms with E-state index in [0.717, 1.165) is 22.7 Å². The average Bonchev–Trinajstić information content (AvgIpc) is 2.27. The van der Waals surface area contributed by atoms with Crippen LogP contribution in [0.5, 0.6) is 0 Å². The van der Waals surface area contributed by atoms with E-state index in [0.29, 0.717) is 5.92 Å². The van der Waals surface area contributed by atoms with Crippen molar-refractivity contribution >= 4 is 15.9 Å². The summed E-state index contributed by atoms with van der Waals surface area (Å²) in [6.07, 6.45) is 4.27. The van der Waals surface area contributed by atoms with Crippen molar-refractivity contribution in [2.45, 2.75) is 45.6 Å². The molecule has 0 bridgehead atoms. The lowest BCUT2D eigenvalue weighted by Crippen LogP contribution is -2.30. The Labute approximate surface area is 119 Å². The second kappa shape index (κ2) is 6.21. The van der Waals surface area contributed by atoms with E-state index in [9.17, 15) is 5.11 Å². The Morgan fingerprint density at radius 1 is 1.22 bits per heavy atom. The molecule has 18 heavy (non-hydrogen) atoms. The van der Waals surface area contributed by atoms with Gasteiger partial charge in [-0.15, -0.1) is 0 Å². The topological polar surface area (TPSA) is 20.2 Å². The average molecular weight is 311 g/mol. The Bertz CT molecular complexity index is 380. The quantitative estimate of drug-likeness (QED) is 0.876. The highest BCUT2D eigenvalue weighted by Gasteiger charge is 2.28. The summed E-state index contributed by atoms with van der Waals surface area (Å²) in [4.78, 5) is 0. The lowest BCUT2D eigenvalue weighted by Gasteiger charge is -2.34. The Balaban J connectivity index is 1.97. The maximum absolute atomic E-state index is 10.4. The largest absolute Gasteiger partial charge is 0.392 e. The molecule has 1 aromatic rings. The van der Waals surface area contributed by atoms with Gasteiger partial charge in [-0.2, -0.15) is 0 Å². The molecular formula is C16H23BrO. The summed E-state index contributed by atoms with van der Waals surface area (Å²) < 4.78 is 1.09. The molecule has 100 valence electrons. The van der Waals surface area contributed by atoms with Gasteiger partial charge < -0.3 is 5.11 Å². The predicted octanol–water partition coefficient (Wildman–Crippen LogP) is 4.42. The van der Waals surface area contributed by atoms with Crippen molar-refractivity contribution in [3.05, 3.63) is 34.3 Å². The molecular weight excluding hydrogens is 288 g/mol. The molecule has 3 atom stereocenters. The van der Waals surface area contributed by atoms with Crippen LogP contribution in [0.25, 0.3) is 0 Å². The zero-order valence-corrected chi connectivity index (χ0v) is 12.9. The van der Waals surface area contributed by atoms with Gasteiger partial charge in [0.05, 0.1) is 6.10 Å². The van der Waals surface area contributed by atoms with Gasteiger partial charge >= 0.3 is 0 Å². The van der Waals surface area contributed by atoms with Gasteiger partial charge in [0.2, 0.25) is 0 Å². The van der Waals surface area contributed by atoms with Gasteiger partial charge in [0.15, 0.2) is 0 Å². The van der Waals surface area contributed by atoms with Crippen molar-refractivity contribution in [1.82, 2.24) is 0 Å². The van der Waals surface area contributed by atoms with Crippen LogP contribution in [0, 0.1) is 17.8 Å². The highest BCUT2D eigenvalue weighted by molar-refractivity contribution is 9.10. The molecule has 1 N–H and O–H groups in total. The molecule has 0 radical (unpaired) electrons. The van der Waals surface area contributed by atoms with Crippen LogP contribution < -0.4 is 0 Å². The van der Waals surface area contributed by atoms with E-state index in [-0.39, 0.29) is 6.10 Å². The fourth-order valence-electron chi connectivity index (χ4n) is 3.40. The minimum Gasteiger partial charge on any atom is -0.392 e. The van der Waals surface area contributed by atoms with E-state index in [2.05, 4.69) is 41.9 Å². The molecule has 2 rings (SSSR count). The summed E-state index contributed by atoms with van der Waals surface area (Å²) in [5.74, 6) is 1.99. The third kappa shape index (κ3) is 3.83. The third-order valence-corrected chi connectivity index (χ3v) is 4.59. The molecule has 1 saturated carbocycles. The van der Waals surface area contributed by atoms with Crippen LogP contribution in [-0.4, -0.2) is 11.2 Å². The van der Waals surface area contributed by atoms with Crippen molar-refractivity contribution in [2.24, 2.45) is 17.8 Å². The molecule has 1 aliphatic rings. The molecule has 0 saturated heterocycles.